The van der Waals surface area contributed by atoms with Crippen LogP contribution in [-0.4, -0.2) is 92.4 Å². The summed E-state index contributed by atoms with van der Waals surface area (Å²) in [6.45, 7) is 8.68. The van der Waals surface area contributed by atoms with Crippen LogP contribution < -0.4 is 0 Å². The largest absolute Gasteiger partial charge is 0.490 e. The predicted octanol–water partition coefficient (Wildman–Crippen LogP) is 3.47. The number of carboxylic acid groups (broad SMARTS) is 1. The van der Waals surface area contributed by atoms with Crippen LogP contribution in [-0.2, 0) is 16.8 Å². The second kappa shape index (κ2) is 11.0. The predicted molar refractivity (Wildman–Crippen MR) is 132 cm³/mol. The van der Waals surface area contributed by atoms with Crippen molar-refractivity contribution in [2.45, 2.75) is 57.8 Å². The van der Waals surface area contributed by atoms with Crippen molar-refractivity contribution >= 4 is 17.9 Å². The highest BCUT2D eigenvalue weighted by Gasteiger charge is 2.46. The number of hydrogen-bond donors (Lipinski definition) is 1. The van der Waals surface area contributed by atoms with Crippen molar-refractivity contribution in [1.82, 2.24) is 29.5 Å². The number of aliphatic carboxylic acids is 1. The molecule has 0 unspecified atom stereocenters. The van der Waals surface area contributed by atoms with Gasteiger partial charge in [0.25, 0.3) is 5.91 Å². The standard InChI is InChI=1S/C23H32N6O2.C2HF3O2/c1-16(2)29-14-19-13-28(21(30)18-10-17(3)11-24-12-18)15-23(20(19)25-29)6-8-27(9-7-23)22(31)26(4)5;3-2(4,5)1(6)7/h10-12,14,16H,6-9,13,15H2,1-5H3;(H,6,7). The fourth-order valence-corrected chi connectivity index (χ4v) is 4.76. The van der Waals surface area contributed by atoms with Gasteiger partial charge >= 0.3 is 18.2 Å². The summed E-state index contributed by atoms with van der Waals surface area (Å²) in [7, 11) is 3.57. The summed E-state index contributed by atoms with van der Waals surface area (Å²) in [4.78, 5) is 44.4. The summed E-state index contributed by atoms with van der Waals surface area (Å²) in [6.07, 6.45) is 2.01. The Kier molecular flexibility index (Phi) is 8.37. The quantitative estimate of drug-likeness (QED) is 0.627. The number of carbonyl (C=O) groups is 3. The summed E-state index contributed by atoms with van der Waals surface area (Å²) in [5, 5.41) is 12.1. The van der Waals surface area contributed by atoms with Crippen LogP contribution in [0, 0.1) is 6.92 Å². The number of likely N-dealkylation sites (tertiary alicyclic amines) is 1. The molecule has 0 aliphatic carbocycles. The van der Waals surface area contributed by atoms with E-state index in [9.17, 15) is 22.8 Å². The molecule has 4 heterocycles. The lowest BCUT2D eigenvalue weighted by atomic mass is 9.72. The van der Waals surface area contributed by atoms with E-state index in [1.165, 1.54) is 0 Å². The molecule has 3 amide bonds. The molecule has 1 spiro atoms. The molecule has 2 aliphatic heterocycles. The van der Waals surface area contributed by atoms with Crippen LogP contribution in [0.1, 0.15) is 59.9 Å². The number of carboxylic acids is 1. The lowest BCUT2D eigenvalue weighted by Crippen LogP contribution is -2.55. The Morgan fingerprint density at radius 3 is 2.21 bits per heavy atom. The zero-order valence-electron chi connectivity index (χ0n) is 22.1. The first-order valence-electron chi connectivity index (χ1n) is 12.2. The molecule has 2 aromatic rings. The normalized spacial score (nSPS) is 16.6. The van der Waals surface area contributed by atoms with Crippen molar-refractivity contribution in [3.8, 4) is 0 Å². The van der Waals surface area contributed by atoms with E-state index in [1.807, 2.05) is 27.5 Å². The van der Waals surface area contributed by atoms with E-state index in [-0.39, 0.29) is 23.4 Å². The van der Waals surface area contributed by atoms with Crippen LogP contribution in [0.3, 0.4) is 0 Å². The number of aromatic nitrogens is 3. The Hall–Kier alpha value is -3.64. The first-order valence-corrected chi connectivity index (χ1v) is 12.2. The van der Waals surface area contributed by atoms with Crippen LogP contribution in [0.4, 0.5) is 18.0 Å². The van der Waals surface area contributed by atoms with E-state index < -0.39 is 12.1 Å². The number of fused-ring (bicyclic) bond motifs is 2. The van der Waals surface area contributed by atoms with E-state index in [4.69, 9.17) is 15.0 Å². The Bertz CT molecular complexity index is 1190. The molecular formula is C25H33F3N6O4. The minimum absolute atomic E-state index is 0.00493. The van der Waals surface area contributed by atoms with E-state index in [2.05, 4.69) is 25.0 Å². The van der Waals surface area contributed by atoms with E-state index in [0.717, 1.165) is 29.7 Å². The van der Waals surface area contributed by atoms with Gasteiger partial charge < -0.3 is 19.8 Å². The number of pyridine rings is 1. The highest BCUT2D eigenvalue weighted by atomic mass is 19.4. The van der Waals surface area contributed by atoms with Crippen LogP contribution in [0.25, 0.3) is 0 Å². The first-order chi connectivity index (χ1) is 17.6. The molecule has 0 saturated carbocycles. The molecule has 13 heteroatoms. The lowest BCUT2D eigenvalue weighted by Gasteiger charge is -2.46. The van der Waals surface area contributed by atoms with Crippen LogP contribution in [0.15, 0.2) is 24.7 Å². The van der Waals surface area contributed by atoms with Crippen molar-refractivity contribution < 1.29 is 32.7 Å². The van der Waals surface area contributed by atoms with Gasteiger partial charge in [-0.05, 0) is 45.2 Å². The van der Waals surface area contributed by atoms with Gasteiger partial charge in [-0.2, -0.15) is 18.3 Å². The van der Waals surface area contributed by atoms with Crippen molar-refractivity contribution in [3.63, 3.8) is 0 Å². The van der Waals surface area contributed by atoms with Gasteiger partial charge in [0.05, 0.1) is 11.3 Å². The monoisotopic (exact) mass is 538 g/mol. The third-order valence-corrected chi connectivity index (χ3v) is 6.72. The number of carbonyl (C=O) groups excluding carboxylic acids is 2. The number of alkyl halides is 3. The number of halogens is 3. The van der Waals surface area contributed by atoms with Gasteiger partial charge in [-0.25, -0.2) is 9.59 Å². The molecule has 0 atom stereocenters. The molecular weight excluding hydrogens is 505 g/mol. The highest BCUT2D eigenvalue weighted by molar-refractivity contribution is 5.94. The van der Waals surface area contributed by atoms with Crippen LogP contribution >= 0.6 is 0 Å². The maximum absolute atomic E-state index is 13.4. The summed E-state index contributed by atoms with van der Waals surface area (Å²) in [6, 6.07) is 2.19. The Labute approximate surface area is 219 Å². The van der Waals surface area contributed by atoms with Gasteiger partial charge in [-0.1, -0.05) is 0 Å². The zero-order chi connectivity index (χ0) is 28.4. The number of amides is 3. The molecule has 2 aromatic heterocycles. The van der Waals surface area contributed by atoms with Gasteiger partial charge in [-0.15, -0.1) is 0 Å². The molecule has 38 heavy (non-hydrogen) atoms. The minimum Gasteiger partial charge on any atom is -0.475 e. The maximum atomic E-state index is 13.4. The molecule has 0 radical (unpaired) electrons. The second-order valence-electron chi connectivity index (χ2n) is 10.2. The Morgan fingerprint density at radius 1 is 1.11 bits per heavy atom. The Morgan fingerprint density at radius 2 is 1.71 bits per heavy atom. The van der Waals surface area contributed by atoms with Gasteiger partial charge in [0.15, 0.2) is 0 Å². The molecule has 0 aromatic carbocycles. The molecule has 208 valence electrons. The fourth-order valence-electron chi connectivity index (χ4n) is 4.76. The lowest BCUT2D eigenvalue weighted by molar-refractivity contribution is -0.192. The van der Waals surface area contributed by atoms with E-state index in [1.54, 1.807) is 31.4 Å². The second-order valence-corrected chi connectivity index (χ2v) is 10.2. The van der Waals surface area contributed by atoms with E-state index >= 15 is 0 Å². The molecule has 4 rings (SSSR count). The summed E-state index contributed by atoms with van der Waals surface area (Å²) in [5.41, 5.74) is 3.58. The minimum atomic E-state index is -5.08. The average Bonchev–Trinajstić information content (AvgIpc) is 3.29. The molecule has 1 fully saturated rings. The molecule has 1 saturated heterocycles. The van der Waals surface area contributed by atoms with Crippen LogP contribution in [0.5, 0.6) is 0 Å². The van der Waals surface area contributed by atoms with Gasteiger partial charge in [0, 0.05) is 75.9 Å². The summed E-state index contributed by atoms with van der Waals surface area (Å²) < 4.78 is 33.7. The summed E-state index contributed by atoms with van der Waals surface area (Å²) in [5.74, 6) is -2.75. The number of piperidine rings is 1. The van der Waals surface area contributed by atoms with E-state index in [0.29, 0.717) is 31.7 Å². The van der Waals surface area contributed by atoms with Crippen molar-refractivity contribution in [2.75, 3.05) is 33.7 Å². The van der Waals surface area contributed by atoms with Gasteiger partial charge in [0.1, 0.15) is 0 Å². The molecule has 2 aliphatic rings. The molecule has 1 N–H and O–H groups in total. The highest BCUT2D eigenvalue weighted by Crippen LogP contribution is 2.42. The topological polar surface area (TPSA) is 112 Å². The third kappa shape index (κ3) is 6.25. The number of aryl methyl sites for hydroxylation is 1. The molecule has 0 bridgehead atoms. The third-order valence-electron chi connectivity index (χ3n) is 6.72. The van der Waals surface area contributed by atoms with Gasteiger partial charge in [-0.3, -0.25) is 14.5 Å². The van der Waals surface area contributed by atoms with Crippen molar-refractivity contribution in [3.05, 3.63) is 47.0 Å². The number of nitrogens with zero attached hydrogens (tertiary/aromatic N) is 6. The molecule has 10 nitrogen and oxygen atoms in total. The maximum Gasteiger partial charge on any atom is 0.490 e. The number of rotatable bonds is 2. The number of hydrogen-bond acceptors (Lipinski definition) is 5. The zero-order valence-corrected chi connectivity index (χ0v) is 22.1. The van der Waals surface area contributed by atoms with Crippen molar-refractivity contribution in [2.24, 2.45) is 0 Å². The van der Waals surface area contributed by atoms with Crippen molar-refractivity contribution in [1.29, 1.82) is 0 Å². The fraction of sp³-hybridized carbons (Fsp3) is 0.560. The van der Waals surface area contributed by atoms with Gasteiger partial charge in [0.2, 0.25) is 0 Å². The number of urea groups is 1. The summed E-state index contributed by atoms with van der Waals surface area (Å²) >= 11 is 0. The Balaban J connectivity index is 0.000000505. The first kappa shape index (κ1) is 28.9. The van der Waals surface area contributed by atoms with Crippen LogP contribution in [0.2, 0.25) is 0 Å². The average molecular weight is 539 g/mol. The SMILES string of the molecule is Cc1cncc(C(=O)N2Cc3cn(C(C)C)nc3C3(CCN(C(=O)N(C)C)CC3)C2)c1.O=C(O)C(F)(F)F. The smallest absolute Gasteiger partial charge is 0.475 e.